The molecule has 2 N–H and O–H groups in total. The number of rotatable bonds is 3. The van der Waals surface area contributed by atoms with Crippen molar-refractivity contribution in [2.75, 3.05) is 11.9 Å². The average Bonchev–Trinajstić information content (AvgIpc) is 2.50. The van der Waals surface area contributed by atoms with Gasteiger partial charge in [0.2, 0.25) is 5.91 Å². The highest BCUT2D eigenvalue weighted by molar-refractivity contribution is 9.10. The number of hydrogen-bond donors (Lipinski definition) is 2. The van der Waals surface area contributed by atoms with Gasteiger partial charge in [0, 0.05) is 22.7 Å². The lowest BCUT2D eigenvalue weighted by atomic mass is 10.0. The molecule has 4 heteroatoms. The van der Waals surface area contributed by atoms with Gasteiger partial charge in [-0.15, -0.1) is 0 Å². The second kappa shape index (κ2) is 4.55. The van der Waals surface area contributed by atoms with Crippen LogP contribution in [0, 0.1) is 0 Å². The number of hydrogen-bond acceptors (Lipinski definition) is 2. The number of amides is 1. The molecule has 0 radical (unpaired) electrons. The highest BCUT2D eigenvalue weighted by Gasteiger charge is 2.30. The van der Waals surface area contributed by atoms with E-state index in [1.165, 1.54) is 0 Å². The van der Waals surface area contributed by atoms with Crippen molar-refractivity contribution < 1.29 is 4.79 Å². The van der Waals surface area contributed by atoms with Crippen LogP contribution in [0.5, 0.6) is 0 Å². The molecule has 0 aliphatic carbocycles. The van der Waals surface area contributed by atoms with Gasteiger partial charge in [-0.1, -0.05) is 35.8 Å². The predicted molar refractivity (Wildman–Crippen MR) is 68.7 cm³/mol. The Kier molecular flexibility index (Phi) is 3.30. The number of fused-ring (bicyclic) bond motifs is 1. The normalized spacial score (nSPS) is 18.8. The summed E-state index contributed by atoms with van der Waals surface area (Å²) in [6.45, 7) is 4.85. The SMILES string of the molecule is CC(C)NCC1C(=O)Nc2cc(Br)ccc21. The minimum atomic E-state index is -0.0644. The number of halogens is 1. The molecular weight excluding hydrogens is 268 g/mol. The zero-order chi connectivity index (χ0) is 11.7. The van der Waals surface area contributed by atoms with Gasteiger partial charge in [0.15, 0.2) is 0 Å². The standard InChI is InChI=1S/C12H15BrN2O/c1-7(2)14-6-10-9-4-3-8(13)5-11(9)15-12(10)16/h3-5,7,10,14H,6H2,1-2H3,(H,15,16). The first-order valence-corrected chi connectivity index (χ1v) is 6.21. The highest BCUT2D eigenvalue weighted by atomic mass is 79.9. The summed E-state index contributed by atoms with van der Waals surface area (Å²) in [6, 6.07) is 6.32. The molecular formula is C12H15BrN2O. The van der Waals surface area contributed by atoms with E-state index in [9.17, 15) is 4.79 Å². The van der Waals surface area contributed by atoms with Crippen LogP contribution in [0.2, 0.25) is 0 Å². The Hall–Kier alpha value is -0.870. The molecule has 1 amide bonds. The van der Waals surface area contributed by atoms with Crippen LogP contribution in [0.4, 0.5) is 5.69 Å². The van der Waals surface area contributed by atoms with Crippen molar-refractivity contribution in [3.63, 3.8) is 0 Å². The maximum atomic E-state index is 11.8. The van der Waals surface area contributed by atoms with Crippen LogP contribution in [0.3, 0.4) is 0 Å². The molecule has 2 rings (SSSR count). The molecule has 1 aliphatic heterocycles. The topological polar surface area (TPSA) is 41.1 Å². The summed E-state index contributed by atoms with van der Waals surface area (Å²) in [4.78, 5) is 11.8. The third-order valence-corrected chi connectivity index (χ3v) is 3.19. The summed E-state index contributed by atoms with van der Waals surface area (Å²) in [5.74, 6) is 0.0201. The third-order valence-electron chi connectivity index (χ3n) is 2.70. The summed E-state index contributed by atoms with van der Waals surface area (Å²) in [7, 11) is 0. The summed E-state index contributed by atoms with van der Waals surface area (Å²) in [6.07, 6.45) is 0. The van der Waals surface area contributed by atoms with Crippen molar-refractivity contribution in [2.24, 2.45) is 0 Å². The quantitative estimate of drug-likeness (QED) is 0.894. The van der Waals surface area contributed by atoms with Crippen molar-refractivity contribution in [1.82, 2.24) is 5.32 Å². The van der Waals surface area contributed by atoms with Crippen LogP contribution in [-0.4, -0.2) is 18.5 Å². The lowest BCUT2D eigenvalue weighted by molar-refractivity contribution is -0.116. The molecule has 16 heavy (non-hydrogen) atoms. The number of benzene rings is 1. The third kappa shape index (κ3) is 2.28. The molecule has 0 fully saturated rings. The monoisotopic (exact) mass is 282 g/mol. The Morgan fingerprint density at radius 2 is 2.25 bits per heavy atom. The molecule has 0 aromatic heterocycles. The predicted octanol–water partition coefficient (Wildman–Crippen LogP) is 2.48. The van der Waals surface area contributed by atoms with E-state index in [2.05, 4.69) is 40.4 Å². The van der Waals surface area contributed by atoms with E-state index in [0.29, 0.717) is 12.6 Å². The van der Waals surface area contributed by atoms with E-state index in [0.717, 1.165) is 15.7 Å². The lowest BCUT2D eigenvalue weighted by Gasteiger charge is -2.12. The summed E-state index contributed by atoms with van der Waals surface area (Å²) in [5, 5.41) is 6.20. The molecule has 1 aromatic carbocycles. The molecule has 1 heterocycles. The maximum absolute atomic E-state index is 11.8. The molecule has 1 aliphatic rings. The van der Waals surface area contributed by atoms with Crippen LogP contribution in [-0.2, 0) is 4.79 Å². The lowest BCUT2D eigenvalue weighted by Crippen LogP contribution is -2.30. The van der Waals surface area contributed by atoms with Crippen LogP contribution in [0.25, 0.3) is 0 Å². The van der Waals surface area contributed by atoms with E-state index in [4.69, 9.17) is 0 Å². The van der Waals surface area contributed by atoms with Crippen LogP contribution >= 0.6 is 15.9 Å². The molecule has 1 aromatic rings. The van der Waals surface area contributed by atoms with Gasteiger partial charge in [0.25, 0.3) is 0 Å². The average molecular weight is 283 g/mol. The van der Waals surface area contributed by atoms with E-state index < -0.39 is 0 Å². The van der Waals surface area contributed by atoms with E-state index >= 15 is 0 Å². The van der Waals surface area contributed by atoms with Crippen molar-refractivity contribution in [3.8, 4) is 0 Å². The number of nitrogens with one attached hydrogen (secondary N) is 2. The van der Waals surface area contributed by atoms with Crippen molar-refractivity contribution in [3.05, 3.63) is 28.2 Å². The fraction of sp³-hybridized carbons (Fsp3) is 0.417. The first kappa shape index (κ1) is 11.6. The van der Waals surface area contributed by atoms with Gasteiger partial charge in [-0.3, -0.25) is 4.79 Å². The van der Waals surface area contributed by atoms with Crippen molar-refractivity contribution in [2.45, 2.75) is 25.8 Å². The first-order valence-electron chi connectivity index (χ1n) is 5.41. The Morgan fingerprint density at radius 1 is 1.50 bits per heavy atom. The molecule has 0 saturated heterocycles. The number of carbonyl (C=O) groups excluding carboxylic acids is 1. The van der Waals surface area contributed by atoms with Crippen molar-refractivity contribution in [1.29, 1.82) is 0 Å². The fourth-order valence-electron chi connectivity index (χ4n) is 1.86. The van der Waals surface area contributed by atoms with E-state index in [1.807, 2.05) is 18.2 Å². The van der Waals surface area contributed by atoms with Crippen LogP contribution in [0.1, 0.15) is 25.3 Å². The maximum Gasteiger partial charge on any atom is 0.233 e. The van der Waals surface area contributed by atoms with Gasteiger partial charge in [-0.2, -0.15) is 0 Å². The summed E-state index contributed by atoms with van der Waals surface area (Å²) >= 11 is 3.40. The smallest absolute Gasteiger partial charge is 0.233 e. The van der Waals surface area contributed by atoms with Crippen LogP contribution < -0.4 is 10.6 Å². The number of anilines is 1. The van der Waals surface area contributed by atoms with Gasteiger partial charge in [-0.05, 0) is 17.7 Å². The van der Waals surface area contributed by atoms with Gasteiger partial charge in [-0.25, -0.2) is 0 Å². The zero-order valence-corrected chi connectivity index (χ0v) is 11.0. The van der Waals surface area contributed by atoms with E-state index in [-0.39, 0.29) is 11.8 Å². The molecule has 86 valence electrons. The fourth-order valence-corrected chi connectivity index (χ4v) is 2.22. The summed E-state index contributed by atoms with van der Waals surface area (Å²) in [5.41, 5.74) is 2.01. The van der Waals surface area contributed by atoms with Gasteiger partial charge < -0.3 is 10.6 Å². The van der Waals surface area contributed by atoms with Gasteiger partial charge in [0.1, 0.15) is 0 Å². The number of carbonyl (C=O) groups is 1. The molecule has 0 spiro atoms. The second-order valence-corrected chi connectivity index (χ2v) is 5.25. The zero-order valence-electron chi connectivity index (χ0n) is 9.38. The molecule has 1 unspecified atom stereocenters. The van der Waals surface area contributed by atoms with Gasteiger partial charge >= 0.3 is 0 Å². The molecule has 0 bridgehead atoms. The summed E-state index contributed by atoms with van der Waals surface area (Å²) < 4.78 is 0.990. The van der Waals surface area contributed by atoms with Crippen molar-refractivity contribution >= 4 is 27.5 Å². The Bertz CT molecular complexity index is 417. The van der Waals surface area contributed by atoms with Crippen LogP contribution in [0.15, 0.2) is 22.7 Å². The molecule has 1 atom stereocenters. The molecule has 0 saturated carbocycles. The van der Waals surface area contributed by atoms with Gasteiger partial charge in [0.05, 0.1) is 5.92 Å². The Morgan fingerprint density at radius 3 is 2.94 bits per heavy atom. The van der Waals surface area contributed by atoms with E-state index in [1.54, 1.807) is 0 Å². The largest absolute Gasteiger partial charge is 0.325 e. The first-order chi connectivity index (χ1) is 7.58. The Balaban J connectivity index is 2.19. The second-order valence-electron chi connectivity index (χ2n) is 4.34. The minimum Gasteiger partial charge on any atom is -0.325 e. The Labute approximate surface area is 104 Å². The molecule has 3 nitrogen and oxygen atoms in total. The minimum absolute atomic E-state index is 0.0644. The highest BCUT2D eigenvalue weighted by Crippen LogP contribution is 2.34.